The summed E-state index contributed by atoms with van der Waals surface area (Å²) >= 11 is 0. The first-order valence-corrected chi connectivity index (χ1v) is 9.96. The topological polar surface area (TPSA) is 82.6 Å². The van der Waals surface area contributed by atoms with Gasteiger partial charge in [-0.1, -0.05) is 23.4 Å². The molecule has 158 valence electrons. The number of aryl methyl sites for hydroxylation is 2. The first kappa shape index (κ1) is 20.3. The molecule has 3 aromatic rings. The van der Waals surface area contributed by atoms with Crippen molar-refractivity contribution in [3.8, 4) is 5.69 Å². The van der Waals surface area contributed by atoms with Crippen LogP contribution in [0.3, 0.4) is 0 Å². The van der Waals surface area contributed by atoms with Crippen LogP contribution in [0.2, 0.25) is 0 Å². The van der Waals surface area contributed by atoms with E-state index in [1.54, 1.807) is 24.9 Å². The number of amides is 1. The Labute approximate surface area is 175 Å². The van der Waals surface area contributed by atoms with E-state index in [-0.39, 0.29) is 12.0 Å². The highest BCUT2D eigenvalue weighted by molar-refractivity contribution is 5.96. The molecular weight excluding hydrogens is 384 g/mol. The van der Waals surface area contributed by atoms with E-state index in [4.69, 9.17) is 14.0 Å². The average molecular weight is 410 g/mol. The van der Waals surface area contributed by atoms with E-state index in [0.29, 0.717) is 36.7 Å². The molecule has 0 saturated carbocycles. The fraction of sp³-hybridized carbons (Fsp3) is 0.409. The highest BCUT2D eigenvalue weighted by Crippen LogP contribution is 2.25. The first-order chi connectivity index (χ1) is 14.3. The van der Waals surface area contributed by atoms with Crippen LogP contribution < -0.4 is 0 Å². The number of para-hydroxylation sites is 1. The van der Waals surface area contributed by atoms with Crippen molar-refractivity contribution in [2.45, 2.75) is 46.1 Å². The molecule has 1 aromatic carbocycles. The standard InChI is InChI=1S/C22H26N4O4/c1-15-20(16(2)30-24-15)21(27)25(13-19-14-28-22(3,4)29-19)12-18-10-11-23-26(18)17-8-6-5-7-9-17/h5-11,19H,12-14H2,1-4H3/t19-/m1/s1. The van der Waals surface area contributed by atoms with Gasteiger partial charge in [-0.25, -0.2) is 4.68 Å². The Balaban J connectivity index is 1.63. The van der Waals surface area contributed by atoms with Gasteiger partial charge in [-0.15, -0.1) is 0 Å². The van der Waals surface area contributed by atoms with E-state index >= 15 is 0 Å². The summed E-state index contributed by atoms with van der Waals surface area (Å²) in [5.74, 6) is -0.308. The van der Waals surface area contributed by atoms with E-state index in [9.17, 15) is 4.79 Å². The molecule has 1 aliphatic heterocycles. The van der Waals surface area contributed by atoms with E-state index in [0.717, 1.165) is 11.4 Å². The van der Waals surface area contributed by atoms with Gasteiger partial charge in [-0.05, 0) is 45.9 Å². The van der Waals surface area contributed by atoms with Gasteiger partial charge in [0.2, 0.25) is 0 Å². The summed E-state index contributed by atoms with van der Waals surface area (Å²) in [5, 5.41) is 8.38. The predicted molar refractivity (Wildman–Crippen MR) is 109 cm³/mol. The predicted octanol–water partition coefficient (Wildman–Crippen LogP) is 3.27. The smallest absolute Gasteiger partial charge is 0.259 e. The van der Waals surface area contributed by atoms with E-state index in [1.807, 2.05) is 54.9 Å². The van der Waals surface area contributed by atoms with Gasteiger partial charge in [0.1, 0.15) is 17.4 Å². The van der Waals surface area contributed by atoms with Crippen LogP contribution in [-0.2, 0) is 16.0 Å². The summed E-state index contributed by atoms with van der Waals surface area (Å²) in [6, 6.07) is 11.7. The molecule has 1 atom stereocenters. The average Bonchev–Trinajstić information content (AvgIpc) is 3.41. The highest BCUT2D eigenvalue weighted by Gasteiger charge is 2.35. The van der Waals surface area contributed by atoms with Crippen molar-refractivity contribution in [2.75, 3.05) is 13.2 Å². The SMILES string of the molecule is Cc1noc(C)c1C(=O)N(Cc1ccnn1-c1ccccc1)C[C@@H]1COC(C)(C)O1. The molecule has 2 aromatic heterocycles. The summed E-state index contributed by atoms with van der Waals surface area (Å²) < 4.78 is 18.7. The minimum atomic E-state index is -0.659. The maximum atomic E-state index is 13.5. The summed E-state index contributed by atoms with van der Waals surface area (Å²) in [5.41, 5.74) is 2.88. The van der Waals surface area contributed by atoms with Crippen molar-refractivity contribution in [3.05, 3.63) is 65.3 Å². The first-order valence-electron chi connectivity index (χ1n) is 9.96. The molecule has 0 aliphatic carbocycles. The lowest BCUT2D eigenvalue weighted by Gasteiger charge is -2.26. The summed E-state index contributed by atoms with van der Waals surface area (Å²) in [4.78, 5) is 15.2. The van der Waals surface area contributed by atoms with Crippen LogP contribution in [0.1, 0.15) is 41.4 Å². The van der Waals surface area contributed by atoms with Crippen molar-refractivity contribution in [1.82, 2.24) is 19.8 Å². The second kappa shape index (κ2) is 8.04. The number of benzene rings is 1. The van der Waals surface area contributed by atoms with Crippen molar-refractivity contribution < 1.29 is 18.8 Å². The Kier molecular flexibility index (Phi) is 5.44. The zero-order chi connectivity index (χ0) is 21.3. The molecule has 3 heterocycles. The van der Waals surface area contributed by atoms with Gasteiger partial charge in [0.25, 0.3) is 5.91 Å². The van der Waals surface area contributed by atoms with Crippen LogP contribution in [0.4, 0.5) is 0 Å². The van der Waals surface area contributed by atoms with E-state index < -0.39 is 5.79 Å². The van der Waals surface area contributed by atoms with Gasteiger partial charge < -0.3 is 18.9 Å². The molecule has 0 unspecified atom stereocenters. The fourth-order valence-electron chi connectivity index (χ4n) is 3.71. The van der Waals surface area contributed by atoms with Crippen molar-refractivity contribution >= 4 is 5.91 Å². The molecule has 8 heteroatoms. The number of aromatic nitrogens is 3. The monoisotopic (exact) mass is 410 g/mol. The number of hydrogen-bond donors (Lipinski definition) is 0. The third-order valence-corrected chi connectivity index (χ3v) is 5.10. The molecule has 4 rings (SSSR count). The normalized spacial score (nSPS) is 17.9. The number of nitrogens with zero attached hydrogens (tertiary/aromatic N) is 4. The molecule has 1 aliphatic rings. The number of rotatable bonds is 6. The quantitative estimate of drug-likeness (QED) is 0.620. The van der Waals surface area contributed by atoms with Crippen LogP contribution in [-0.4, -0.2) is 50.8 Å². The number of carbonyl (C=O) groups excluding carboxylic acids is 1. The van der Waals surface area contributed by atoms with Crippen LogP contribution in [0.5, 0.6) is 0 Å². The minimum absolute atomic E-state index is 0.152. The second-order valence-electron chi connectivity index (χ2n) is 7.91. The molecular formula is C22H26N4O4. The van der Waals surface area contributed by atoms with Gasteiger partial charge >= 0.3 is 0 Å². The molecule has 30 heavy (non-hydrogen) atoms. The van der Waals surface area contributed by atoms with Gasteiger partial charge in [0.05, 0.1) is 36.8 Å². The Morgan fingerprint density at radius 3 is 2.63 bits per heavy atom. The second-order valence-corrected chi connectivity index (χ2v) is 7.91. The zero-order valence-corrected chi connectivity index (χ0v) is 17.7. The third-order valence-electron chi connectivity index (χ3n) is 5.10. The van der Waals surface area contributed by atoms with Gasteiger partial charge in [-0.2, -0.15) is 5.10 Å². The van der Waals surface area contributed by atoms with Crippen LogP contribution in [0.15, 0.2) is 47.1 Å². The largest absolute Gasteiger partial charge is 0.361 e. The lowest BCUT2D eigenvalue weighted by molar-refractivity contribution is -0.139. The summed E-state index contributed by atoms with van der Waals surface area (Å²) in [6.45, 7) is 8.43. The fourth-order valence-corrected chi connectivity index (χ4v) is 3.71. The van der Waals surface area contributed by atoms with Crippen LogP contribution >= 0.6 is 0 Å². The highest BCUT2D eigenvalue weighted by atomic mass is 16.7. The molecule has 1 fully saturated rings. The molecule has 0 spiro atoms. The number of ether oxygens (including phenoxy) is 2. The molecule has 1 saturated heterocycles. The van der Waals surface area contributed by atoms with Crippen molar-refractivity contribution in [1.29, 1.82) is 0 Å². The molecule has 8 nitrogen and oxygen atoms in total. The number of hydrogen-bond acceptors (Lipinski definition) is 6. The Hall–Kier alpha value is -2.97. The maximum Gasteiger partial charge on any atom is 0.259 e. The number of carbonyl (C=O) groups is 1. The zero-order valence-electron chi connectivity index (χ0n) is 17.7. The minimum Gasteiger partial charge on any atom is -0.361 e. The molecule has 0 N–H and O–H groups in total. The Morgan fingerprint density at radius 1 is 1.23 bits per heavy atom. The lowest BCUT2D eigenvalue weighted by Crippen LogP contribution is -2.39. The third kappa shape index (κ3) is 4.15. The maximum absolute atomic E-state index is 13.5. The molecule has 1 amide bonds. The molecule has 0 radical (unpaired) electrons. The Bertz CT molecular complexity index is 1010. The van der Waals surface area contributed by atoms with Crippen LogP contribution in [0.25, 0.3) is 5.69 Å². The van der Waals surface area contributed by atoms with Gasteiger partial charge in [0, 0.05) is 6.20 Å². The molecule has 0 bridgehead atoms. The van der Waals surface area contributed by atoms with Crippen molar-refractivity contribution in [2.24, 2.45) is 0 Å². The van der Waals surface area contributed by atoms with E-state index in [1.165, 1.54) is 0 Å². The Morgan fingerprint density at radius 2 is 2.00 bits per heavy atom. The summed E-state index contributed by atoms with van der Waals surface area (Å²) in [7, 11) is 0. The van der Waals surface area contributed by atoms with Gasteiger partial charge in [-0.3, -0.25) is 4.79 Å². The summed E-state index contributed by atoms with van der Waals surface area (Å²) in [6.07, 6.45) is 1.51. The van der Waals surface area contributed by atoms with Gasteiger partial charge in [0.15, 0.2) is 5.79 Å². The van der Waals surface area contributed by atoms with Crippen LogP contribution in [0, 0.1) is 13.8 Å². The van der Waals surface area contributed by atoms with Crippen molar-refractivity contribution in [3.63, 3.8) is 0 Å². The van der Waals surface area contributed by atoms with E-state index in [2.05, 4.69) is 10.3 Å². The lowest BCUT2D eigenvalue weighted by atomic mass is 10.1.